The predicted octanol–water partition coefficient (Wildman–Crippen LogP) is 0.735. The van der Waals surface area contributed by atoms with Crippen LogP contribution >= 0.6 is 0 Å². The van der Waals surface area contributed by atoms with Gasteiger partial charge >= 0.3 is 6.03 Å². The number of carbonyl (C=O) groups is 2. The number of likely N-dealkylation sites (N-methyl/N-ethyl adjacent to an activating group) is 2. The maximum absolute atomic E-state index is 13.0. The Bertz CT molecular complexity index is 808. The zero-order chi connectivity index (χ0) is 21.3. The summed E-state index contributed by atoms with van der Waals surface area (Å²) in [5.41, 5.74) is 1.22. The van der Waals surface area contributed by atoms with E-state index in [-0.39, 0.29) is 11.9 Å². The normalized spacial score (nSPS) is 24.5. The van der Waals surface area contributed by atoms with Gasteiger partial charge in [0, 0.05) is 59.1 Å². The standard InChI is InChI=1S/C21H30N6O3/c1-4-30-15-14-27-17-18(23(2)21(29)24(3)19(17)28)22-20(27)26-12-10-25(11-13-26)16-8-6-5-7-9-16/h5-9,17-18H,4,10-15H2,1-3H3. The average molecular weight is 415 g/mol. The van der Waals surface area contributed by atoms with Gasteiger partial charge < -0.3 is 24.3 Å². The first kappa shape index (κ1) is 20.5. The molecule has 0 radical (unpaired) electrons. The van der Waals surface area contributed by atoms with Gasteiger partial charge in [-0.1, -0.05) is 18.2 Å². The number of nitrogens with zero attached hydrogens (tertiary/aromatic N) is 6. The number of ether oxygens (including phenoxy) is 1. The zero-order valence-electron chi connectivity index (χ0n) is 17.9. The molecule has 1 aromatic rings. The smallest absolute Gasteiger partial charge is 0.328 e. The van der Waals surface area contributed by atoms with E-state index in [1.165, 1.54) is 17.6 Å². The second-order valence-corrected chi connectivity index (χ2v) is 7.78. The van der Waals surface area contributed by atoms with Crippen molar-refractivity contribution in [2.45, 2.75) is 19.1 Å². The van der Waals surface area contributed by atoms with Crippen molar-refractivity contribution in [3.05, 3.63) is 30.3 Å². The molecule has 30 heavy (non-hydrogen) atoms. The number of guanidine groups is 1. The van der Waals surface area contributed by atoms with Crippen LogP contribution in [-0.2, 0) is 9.53 Å². The van der Waals surface area contributed by atoms with Crippen LogP contribution in [0.5, 0.6) is 0 Å². The van der Waals surface area contributed by atoms with Gasteiger partial charge in [0.1, 0.15) is 0 Å². The number of aliphatic imine (C=N–C) groups is 1. The van der Waals surface area contributed by atoms with Crippen LogP contribution in [0.25, 0.3) is 0 Å². The molecule has 3 aliphatic rings. The summed E-state index contributed by atoms with van der Waals surface area (Å²) in [6.07, 6.45) is -0.495. The Balaban J connectivity index is 1.53. The van der Waals surface area contributed by atoms with E-state index < -0.39 is 12.2 Å². The van der Waals surface area contributed by atoms with E-state index in [0.29, 0.717) is 19.8 Å². The van der Waals surface area contributed by atoms with Crippen molar-refractivity contribution in [3.63, 3.8) is 0 Å². The van der Waals surface area contributed by atoms with Gasteiger partial charge in [-0.05, 0) is 19.1 Å². The number of fused-ring (bicyclic) bond motifs is 1. The first-order chi connectivity index (χ1) is 14.5. The molecular formula is C21H30N6O3. The molecule has 0 aliphatic carbocycles. The minimum Gasteiger partial charge on any atom is -0.380 e. The zero-order valence-corrected chi connectivity index (χ0v) is 17.9. The molecule has 0 bridgehead atoms. The Hall–Kier alpha value is -2.81. The number of hydrogen-bond donors (Lipinski definition) is 0. The van der Waals surface area contributed by atoms with Crippen molar-refractivity contribution in [1.82, 2.24) is 19.6 Å². The molecule has 3 heterocycles. The average Bonchev–Trinajstić information content (AvgIpc) is 3.17. The molecule has 1 aromatic carbocycles. The summed E-state index contributed by atoms with van der Waals surface area (Å²) >= 11 is 0. The summed E-state index contributed by atoms with van der Waals surface area (Å²) in [7, 11) is 3.25. The lowest BCUT2D eigenvalue weighted by molar-refractivity contribution is -0.136. The number of piperazine rings is 1. The van der Waals surface area contributed by atoms with Gasteiger partial charge in [0.15, 0.2) is 18.2 Å². The highest BCUT2D eigenvalue weighted by atomic mass is 16.5. The van der Waals surface area contributed by atoms with Crippen molar-refractivity contribution in [3.8, 4) is 0 Å². The quantitative estimate of drug-likeness (QED) is 0.662. The van der Waals surface area contributed by atoms with Crippen molar-refractivity contribution in [2.75, 3.05) is 64.9 Å². The van der Waals surface area contributed by atoms with Gasteiger partial charge in [0.2, 0.25) is 0 Å². The lowest BCUT2D eigenvalue weighted by Crippen LogP contribution is -2.65. The van der Waals surface area contributed by atoms with Crippen molar-refractivity contribution >= 4 is 23.6 Å². The number of benzene rings is 1. The summed E-state index contributed by atoms with van der Waals surface area (Å²) in [5, 5.41) is 0. The summed E-state index contributed by atoms with van der Waals surface area (Å²) in [4.78, 5) is 39.6. The van der Waals surface area contributed by atoms with Gasteiger partial charge in [0.25, 0.3) is 5.91 Å². The Kier molecular flexibility index (Phi) is 5.80. The van der Waals surface area contributed by atoms with Gasteiger partial charge in [-0.3, -0.25) is 9.69 Å². The van der Waals surface area contributed by atoms with Crippen LogP contribution in [0.3, 0.4) is 0 Å². The number of urea groups is 1. The van der Waals surface area contributed by atoms with E-state index in [1.807, 2.05) is 17.9 Å². The van der Waals surface area contributed by atoms with Crippen LogP contribution < -0.4 is 4.90 Å². The highest BCUT2D eigenvalue weighted by Crippen LogP contribution is 2.29. The number of hydrogen-bond acceptors (Lipinski definition) is 7. The summed E-state index contributed by atoms with van der Waals surface area (Å²) in [6, 6.07) is 9.57. The molecule has 9 heteroatoms. The third kappa shape index (κ3) is 3.58. The predicted molar refractivity (Wildman–Crippen MR) is 114 cm³/mol. The second kappa shape index (κ2) is 8.51. The van der Waals surface area contributed by atoms with E-state index >= 15 is 0 Å². The Morgan fingerprint density at radius 3 is 2.37 bits per heavy atom. The first-order valence-electron chi connectivity index (χ1n) is 10.5. The number of rotatable bonds is 5. The molecule has 0 saturated carbocycles. The van der Waals surface area contributed by atoms with Gasteiger partial charge in [-0.15, -0.1) is 0 Å². The van der Waals surface area contributed by atoms with Gasteiger partial charge in [0.05, 0.1) is 6.61 Å². The third-order valence-electron chi connectivity index (χ3n) is 6.06. The minimum absolute atomic E-state index is 0.207. The summed E-state index contributed by atoms with van der Waals surface area (Å²) in [5.74, 6) is 0.585. The fraction of sp³-hybridized carbons (Fsp3) is 0.571. The first-order valence-corrected chi connectivity index (χ1v) is 10.5. The van der Waals surface area contributed by atoms with E-state index in [1.54, 1.807) is 11.9 Å². The highest BCUT2D eigenvalue weighted by molar-refractivity contribution is 6.03. The molecule has 0 spiro atoms. The number of imide groups is 1. The van der Waals surface area contributed by atoms with Crippen molar-refractivity contribution in [2.24, 2.45) is 4.99 Å². The van der Waals surface area contributed by atoms with Crippen LogP contribution in [0.1, 0.15) is 6.92 Å². The maximum atomic E-state index is 13.0. The molecule has 9 nitrogen and oxygen atoms in total. The molecular weight excluding hydrogens is 384 g/mol. The van der Waals surface area contributed by atoms with Crippen LogP contribution in [0.15, 0.2) is 35.3 Å². The Morgan fingerprint density at radius 1 is 1.03 bits per heavy atom. The van der Waals surface area contributed by atoms with E-state index in [4.69, 9.17) is 9.73 Å². The molecule has 3 aliphatic heterocycles. The maximum Gasteiger partial charge on any atom is 0.328 e. The largest absolute Gasteiger partial charge is 0.380 e. The van der Waals surface area contributed by atoms with Crippen LogP contribution in [-0.4, -0.2) is 110 Å². The number of carbonyl (C=O) groups excluding carboxylic acids is 2. The topological polar surface area (TPSA) is 71.9 Å². The van der Waals surface area contributed by atoms with Gasteiger partial charge in [-0.25, -0.2) is 9.79 Å². The lowest BCUT2D eigenvalue weighted by atomic mass is 10.1. The molecule has 2 atom stereocenters. The fourth-order valence-corrected chi connectivity index (χ4v) is 4.36. The second-order valence-electron chi connectivity index (χ2n) is 7.78. The molecule has 0 N–H and O–H groups in total. The van der Waals surface area contributed by atoms with E-state index in [0.717, 1.165) is 32.1 Å². The van der Waals surface area contributed by atoms with E-state index in [9.17, 15) is 9.59 Å². The van der Waals surface area contributed by atoms with Crippen LogP contribution in [0.2, 0.25) is 0 Å². The van der Waals surface area contributed by atoms with Crippen LogP contribution in [0, 0.1) is 0 Å². The third-order valence-corrected chi connectivity index (χ3v) is 6.06. The Labute approximate surface area is 177 Å². The monoisotopic (exact) mass is 414 g/mol. The van der Waals surface area contributed by atoms with Crippen LogP contribution in [0.4, 0.5) is 10.5 Å². The fourth-order valence-electron chi connectivity index (χ4n) is 4.36. The minimum atomic E-state index is -0.500. The molecule has 162 valence electrons. The van der Waals surface area contributed by atoms with Gasteiger partial charge in [-0.2, -0.15) is 0 Å². The lowest BCUT2D eigenvalue weighted by Gasteiger charge is -2.42. The molecule has 2 fully saturated rings. The van der Waals surface area contributed by atoms with E-state index in [2.05, 4.69) is 34.1 Å². The van der Waals surface area contributed by atoms with Crippen molar-refractivity contribution < 1.29 is 14.3 Å². The molecule has 2 unspecified atom stereocenters. The number of amides is 3. The molecule has 4 rings (SSSR count). The van der Waals surface area contributed by atoms with Crippen molar-refractivity contribution in [1.29, 1.82) is 0 Å². The number of anilines is 1. The molecule has 0 aromatic heterocycles. The number of para-hydroxylation sites is 1. The highest BCUT2D eigenvalue weighted by Gasteiger charge is 2.52. The Morgan fingerprint density at radius 2 is 1.70 bits per heavy atom. The molecule has 3 amide bonds. The summed E-state index contributed by atoms with van der Waals surface area (Å²) in [6.45, 7) is 7.01. The molecule has 2 saturated heterocycles. The SMILES string of the molecule is CCOCCN1C(N2CCN(c3ccccc3)CC2)=NC2C1C(=O)N(C)C(=O)N2C. The summed E-state index contributed by atoms with van der Waals surface area (Å²) < 4.78 is 5.57.